The van der Waals surface area contributed by atoms with Crippen LogP contribution in [0.5, 0.6) is 5.75 Å². The minimum Gasteiger partial charge on any atom is -0.491 e. The summed E-state index contributed by atoms with van der Waals surface area (Å²) in [6, 6.07) is 7.98. The van der Waals surface area contributed by atoms with E-state index >= 15 is 0 Å². The minimum atomic E-state index is 0.193. The molecule has 0 amide bonds. The number of halogens is 1. The molecule has 106 valence electrons. The molecular weight excluding hydrogens is 262 g/mol. The van der Waals surface area contributed by atoms with Gasteiger partial charge >= 0.3 is 0 Å². The van der Waals surface area contributed by atoms with Gasteiger partial charge in [0.15, 0.2) is 0 Å². The third-order valence-corrected chi connectivity index (χ3v) is 3.42. The number of hydrogen-bond acceptors (Lipinski definition) is 3. The topological polar surface area (TPSA) is 30.5 Å². The SMILES string of the molecule is CC(C)NCC1CCC(COc2cccc(Cl)c2)O1. The van der Waals surface area contributed by atoms with E-state index in [0.717, 1.165) is 25.1 Å². The van der Waals surface area contributed by atoms with Crippen molar-refractivity contribution in [2.75, 3.05) is 13.2 Å². The van der Waals surface area contributed by atoms with Gasteiger partial charge < -0.3 is 14.8 Å². The lowest BCUT2D eigenvalue weighted by atomic mass is 10.2. The van der Waals surface area contributed by atoms with Gasteiger partial charge in [-0.05, 0) is 31.0 Å². The fourth-order valence-corrected chi connectivity index (χ4v) is 2.35. The fourth-order valence-electron chi connectivity index (χ4n) is 2.17. The second kappa shape index (κ2) is 7.13. The fraction of sp³-hybridized carbons (Fsp3) is 0.600. The smallest absolute Gasteiger partial charge is 0.120 e. The van der Waals surface area contributed by atoms with Crippen LogP contribution >= 0.6 is 11.6 Å². The van der Waals surface area contributed by atoms with E-state index in [1.807, 2.05) is 24.3 Å². The Morgan fingerprint density at radius 3 is 2.89 bits per heavy atom. The molecule has 0 aliphatic carbocycles. The number of nitrogens with one attached hydrogen (secondary N) is 1. The zero-order chi connectivity index (χ0) is 13.7. The summed E-state index contributed by atoms with van der Waals surface area (Å²) in [6.07, 6.45) is 2.67. The molecule has 1 aromatic carbocycles. The van der Waals surface area contributed by atoms with E-state index in [9.17, 15) is 0 Å². The van der Waals surface area contributed by atoms with Gasteiger partial charge in [0.2, 0.25) is 0 Å². The molecule has 2 atom stereocenters. The van der Waals surface area contributed by atoms with Crippen molar-refractivity contribution in [3.63, 3.8) is 0 Å². The molecule has 0 radical (unpaired) electrons. The number of ether oxygens (including phenoxy) is 2. The van der Waals surface area contributed by atoms with Crippen molar-refractivity contribution in [3.8, 4) is 5.75 Å². The lowest BCUT2D eigenvalue weighted by Crippen LogP contribution is -2.32. The van der Waals surface area contributed by atoms with E-state index in [0.29, 0.717) is 23.8 Å². The maximum absolute atomic E-state index is 5.94. The monoisotopic (exact) mass is 283 g/mol. The molecule has 2 rings (SSSR count). The molecule has 0 bridgehead atoms. The van der Waals surface area contributed by atoms with Crippen molar-refractivity contribution in [3.05, 3.63) is 29.3 Å². The number of rotatable bonds is 6. The first-order chi connectivity index (χ1) is 9.13. The van der Waals surface area contributed by atoms with Gasteiger partial charge in [0, 0.05) is 17.6 Å². The standard InChI is InChI=1S/C15H22ClNO2/c1-11(2)17-9-14-6-7-15(19-14)10-18-13-5-3-4-12(16)8-13/h3-5,8,11,14-15,17H,6-7,9-10H2,1-2H3. The highest BCUT2D eigenvalue weighted by molar-refractivity contribution is 6.30. The van der Waals surface area contributed by atoms with Crippen LogP contribution in [0.15, 0.2) is 24.3 Å². The lowest BCUT2D eigenvalue weighted by molar-refractivity contribution is 0.0178. The van der Waals surface area contributed by atoms with Crippen LogP contribution in [-0.2, 0) is 4.74 Å². The number of benzene rings is 1. The Kier molecular flexibility index (Phi) is 5.49. The second-order valence-corrected chi connectivity index (χ2v) is 5.73. The van der Waals surface area contributed by atoms with E-state index < -0.39 is 0 Å². The summed E-state index contributed by atoms with van der Waals surface area (Å²) in [4.78, 5) is 0. The average Bonchev–Trinajstić information content (AvgIpc) is 2.82. The Bertz CT molecular complexity index is 397. The first kappa shape index (κ1) is 14.6. The molecule has 0 spiro atoms. The van der Waals surface area contributed by atoms with Crippen LogP contribution in [0.1, 0.15) is 26.7 Å². The normalized spacial score (nSPS) is 22.9. The van der Waals surface area contributed by atoms with E-state index in [-0.39, 0.29) is 6.10 Å². The van der Waals surface area contributed by atoms with Gasteiger partial charge in [0.25, 0.3) is 0 Å². The highest BCUT2D eigenvalue weighted by atomic mass is 35.5. The third-order valence-electron chi connectivity index (χ3n) is 3.18. The molecular formula is C15H22ClNO2. The summed E-state index contributed by atoms with van der Waals surface area (Å²) in [6.45, 7) is 5.81. The second-order valence-electron chi connectivity index (χ2n) is 5.29. The van der Waals surface area contributed by atoms with Crippen molar-refractivity contribution in [1.29, 1.82) is 0 Å². The van der Waals surface area contributed by atoms with Gasteiger partial charge in [-0.3, -0.25) is 0 Å². The van der Waals surface area contributed by atoms with E-state index in [1.54, 1.807) is 0 Å². The first-order valence-corrected chi connectivity index (χ1v) is 7.28. The third kappa shape index (κ3) is 5.01. The lowest BCUT2D eigenvalue weighted by Gasteiger charge is -2.16. The van der Waals surface area contributed by atoms with Crippen LogP contribution in [-0.4, -0.2) is 31.4 Å². The summed E-state index contributed by atoms with van der Waals surface area (Å²) in [5, 5.41) is 4.10. The maximum atomic E-state index is 5.94. The predicted molar refractivity (Wildman–Crippen MR) is 78.0 cm³/mol. The van der Waals surface area contributed by atoms with Crippen LogP contribution < -0.4 is 10.1 Å². The number of hydrogen-bond donors (Lipinski definition) is 1. The molecule has 0 saturated carbocycles. The molecule has 3 nitrogen and oxygen atoms in total. The molecule has 1 saturated heterocycles. The largest absolute Gasteiger partial charge is 0.491 e. The van der Waals surface area contributed by atoms with E-state index in [4.69, 9.17) is 21.1 Å². The molecule has 1 fully saturated rings. The summed E-state index contributed by atoms with van der Waals surface area (Å²) < 4.78 is 11.7. The Morgan fingerprint density at radius 2 is 2.16 bits per heavy atom. The molecule has 1 aliphatic heterocycles. The summed E-state index contributed by atoms with van der Waals surface area (Å²) in [5.74, 6) is 0.805. The first-order valence-electron chi connectivity index (χ1n) is 6.90. The van der Waals surface area contributed by atoms with Crippen molar-refractivity contribution < 1.29 is 9.47 Å². The highest BCUT2D eigenvalue weighted by Gasteiger charge is 2.25. The quantitative estimate of drug-likeness (QED) is 0.869. The van der Waals surface area contributed by atoms with E-state index in [1.165, 1.54) is 0 Å². The molecule has 1 heterocycles. The van der Waals surface area contributed by atoms with Crippen LogP contribution in [0.3, 0.4) is 0 Å². The molecule has 1 N–H and O–H groups in total. The van der Waals surface area contributed by atoms with Crippen LogP contribution in [0.25, 0.3) is 0 Å². The van der Waals surface area contributed by atoms with Gasteiger partial charge in [0.05, 0.1) is 12.2 Å². The molecule has 4 heteroatoms. The van der Waals surface area contributed by atoms with Gasteiger partial charge in [-0.25, -0.2) is 0 Å². The maximum Gasteiger partial charge on any atom is 0.120 e. The molecule has 19 heavy (non-hydrogen) atoms. The average molecular weight is 284 g/mol. The Labute approximate surface area is 120 Å². The van der Waals surface area contributed by atoms with Crippen molar-refractivity contribution in [2.24, 2.45) is 0 Å². The van der Waals surface area contributed by atoms with Gasteiger partial charge in [-0.1, -0.05) is 31.5 Å². The Morgan fingerprint density at radius 1 is 1.37 bits per heavy atom. The Balaban J connectivity index is 1.70. The predicted octanol–water partition coefficient (Wildman–Crippen LogP) is 3.26. The van der Waals surface area contributed by atoms with Gasteiger partial charge in [-0.15, -0.1) is 0 Å². The van der Waals surface area contributed by atoms with Crippen molar-refractivity contribution in [1.82, 2.24) is 5.32 Å². The van der Waals surface area contributed by atoms with Crippen LogP contribution in [0.2, 0.25) is 5.02 Å². The van der Waals surface area contributed by atoms with E-state index in [2.05, 4.69) is 19.2 Å². The van der Waals surface area contributed by atoms with Gasteiger partial charge in [0.1, 0.15) is 12.4 Å². The van der Waals surface area contributed by atoms with Crippen molar-refractivity contribution >= 4 is 11.6 Å². The highest BCUT2D eigenvalue weighted by Crippen LogP contribution is 2.22. The zero-order valence-corrected chi connectivity index (χ0v) is 12.3. The Hall–Kier alpha value is -0.770. The molecule has 1 aromatic rings. The molecule has 0 aromatic heterocycles. The summed E-state index contributed by atoms with van der Waals surface area (Å²) in [5.41, 5.74) is 0. The minimum absolute atomic E-state index is 0.193. The van der Waals surface area contributed by atoms with Gasteiger partial charge in [-0.2, -0.15) is 0 Å². The van der Waals surface area contributed by atoms with Crippen LogP contribution in [0, 0.1) is 0 Å². The molecule has 1 aliphatic rings. The summed E-state index contributed by atoms with van der Waals surface area (Å²) in [7, 11) is 0. The van der Waals surface area contributed by atoms with Crippen LogP contribution in [0.4, 0.5) is 0 Å². The molecule has 2 unspecified atom stereocenters. The summed E-state index contributed by atoms with van der Waals surface area (Å²) >= 11 is 5.91. The zero-order valence-electron chi connectivity index (χ0n) is 11.6. The van der Waals surface area contributed by atoms with Crippen molar-refractivity contribution in [2.45, 2.75) is 44.9 Å².